The lowest BCUT2D eigenvalue weighted by Crippen LogP contribution is -2.51. The molecule has 15 nitrogen and oxygen atoms in total. The molecule has 0 aliphatic carbocycles. The second-order valence-electron chi connectivity index (χ2n) is 16.9. The van der Waals surface area contributed by atoms with Gasteiger partial charge in [0.05, 0.1) is 49.2 Å². The molecule has 0 spiro atoms. The number of carbonyl (C=O) groups excluding carboxylic acids is 4. The predicted molar refractivity (Wildman–Crippen MR) is 232 cm³/mol. The number of H-pyrrole nitrogens is 2. The number of hydrogen-bond donors (Lipinski definition) is 4. The Kier molecular flexibility index (Phi) is 10.8. The maximum Gasteiger partial charge on any atom is 0.407 e. The number of hydrogen-bond acceptors (Lipinski definition) is 9. The summed E-state index contributed by atoms with van der Waals surface area (Å²) in [6, 6.07) is 21.6. The van der Waals surface area contributed by atoms with E-state index in [2.05, 4.69) is 63.9 Å². The summed E-state index contributed by atoms with van der Waals surface area (Å²) < 4.78 is 16.1. The molecule has 0 bridgehead atoms. The van der Waals surface area contributed by atoms with Crippen LogP contribution < -0.4 is 15.4 Å². The highest BCUT2D eigenvalue weighted by Gasteiger charge is 2.40. The van der Waals surface area contributed by atoms with Gasteiger partial charge < -0.3 is 44.6 Å². The first-order valence-electron chi connectivity index (χ1n) is 21.1. The number of rotatable bonds is 9. The van der Waals surface area contributed by atoms with Gasteiger partial charge in [0.2, 0.25) is 5.91 Å². The molecular formula is C47H50N8O7. The van der Waals surface area contributed by atoms with Crippen LogP contribution in [0.5, 0.6) is 5.75 Å². The molecule has 5 atom stereocenters. The standard InChI is InChI=1S/C47H50N8O7/c1-25(2)39(52-46(58)60-4)44(56)54-17-9-12-36(54)43-49-34-16-14-28-20-33-31-15-13-29(19-30(31)24-62-38(33)21-32(28)41(34)51-43)35-22-48-42(50-35)37-18-26(3)23-55(37)45(57)40(53-47(59)61-5)27-10-7-6-8-11-27/h6-8,10-11,13-16,19-22,25-26,36-37,39-40H,9,12,17-18,23-24H2,1-5H3,(H,48,50)(H,49,51)(H,52,58)(H,53,59)/t26-,36-,37?,39?,40+/m0/s1. The second-order valence-corrected chi connectivity index (χ2v) is 16.9. The first-order chi connectivity index (χ1) is 30.0. The summed E-state index contributed by atoms with van der Waals surface area (Å²) in [5.41, 5.74) is 7.21. The van der Waals surface area contributed by atoms with Gasteiger partial charge in [0.15, 0.2) is 0 Å². The number of imidazole rings is 2. The van der Waals surface area contributed by atoms with Gasteiger partial charge in [-0.05, 0) is 83.0 Å². The zero-order chi connectivity index (χ0) is 43.2. The highest BCUT2D eigenvalue weighted by molar-refractivity contribution is 6.07. The maximum atomic E-state index is 14.1. The largest absolute Gasteiger partial charge is 0.488 e. The first kappa shape index (κ1) is 40.5. The zero-order valence-corrected chi connectivity index (χ0v) is 35.4. The number of likely N-dealkylation sites (tertiary alicyclic amines) is 2. The number of alkyl carbamates (subject to hydrolysis) is 2. The summed E-state index contributed by atoms with van der Waals surface area (Å²) >= 11 is 0. The molecule has 62 heavy (non-hydrogen) atoms. The molecule has 15 heteroatoms. The van der Waals surface area contributed by atoms with Crippen LogP contribution in [-0.2, 0) is 25.7 Å². The summed E-state index contributed by atoms with van der Waals surface area (Å²) in [5.74, 6) is 1.89. The van der Waals surface area contributed by atoms with E-state index in [1.165, 1.54) is 14.2 Å². The topological polar surface area (TPSA) is 184 Å². The number of nitrogens with one attached hydrogen (secondary N) is 4. The molecule has 2 unspecified atom stereocenters. The van der Waals surface area contributed by atoms with E-state index in [0.29, 0.717) is 36.9 Å². The molecule has 0 radical (unpaired) electrons. The molecule has 0 saturated carbocycles. The van der Waals surface area contributed by atoms with Crippen LogP contribution in [0.3, 0.4) is 0 Å². The Hall–Kier alpha value is -6.90. The third-order valence-electron chi connectivity index (χ3n) is 12.5. The van der Waals surface area contributed by atoms with Gasteiger partial charge in [-0.2, -0.15) is 0 Å². The molecule has 2 saturated heterocycles. The van der Waals surface area contributed by atoms with Crippen LogP contribution in [0.2, 0.25) is 0 Å². The average molecular weight is 839 g/mol. The summed E-state index contributed by atoms with van der Waals surface area (Å²) in [7, 11) is 2.57. The molecule has 3 aliphatic heterocycles. The molecule has 5 heterocycles. The molecule has 6 aromatic rings. The van der Waals surface area contributed by atoms with Crippen LogP contribution >= 0.6 is 0 Å². The minimum Gasteiger partial charge on any atom is -0.488 e. The number of ether oxygens (including phenoxy) is 3. The van der Waals surface area contributed by atoms with Crippen molar-refractivity contribution < 1.29 is 33.4 Å². The van der Waals surface area contributed by atoms with Crippen molar-refractivity contribution in [3.63, 3.8) is 0 Å². The van der Waals surface area contributed by atoms with Crippen molar-refractivity contribution in [1.82, 2.24) is 40.4 Å². The number of carbonyl (C=O) groups is 4. The number of amides is 4. The molecule has 4 amide bonds. The van der Waals surface area contributed by atoms with Gasteiger partial charge >= 0.3 is 12.2 Å². The van der Waals surface area contributed by atoms with Crippen LogP contribution in [0.1, 0.15) is 80.9 Å². The lowest BCUT2D eigenvalue weighted by Gasteiger charge is -2.29. The quantitative estimate of drug-likeness (QED) is 0.113. The van der Waals surface area contributed by atoms with Gasteiger partial charge in [0.25, 0.3) is 5.91 Å². The first-order valence-corrected chi connectivity index (χ1v) is 21.1. The molecule has 2 aromatic heterocycles. The summed E-state index contributed by atoms with van der Waals surface area (Å²) in [6.45, 7) is 7.39. The van der Waals surface area contributed by atoms with Gasteiger partial charge in [-0.3, -0.25) is 9.59 Å². The van der Waals surface area contributed by atoms with Crippen LogP contribution in [0.15, 0.2) is 79.0 Å². The van der Waals surface area contributed by atoms with E-state index in [-0.39, 0.29) is 35.7 Å². The fourth-order valence-electron chi connectivity index (χ4n) is 9.30. The van der Waals surface area contributed by atoms with Crippen molar-refractivity contribution in [2.75, 3.05) is 27.3 Å². The minimum absolute atomic E-state index is 0.126. The minimum atomic E-state index is -0.906. The number of nitrogens with zero attached hydrogens (tertiary/aromatic N) is 4. The molecule has 4 aromatic carbocycles. The maximum absolute atomic E-state index is 14.1. The van der Waals surface area contributed by atoms with Crippen LogP contribution in [-0.4, -0.2) is 87.1 Å². The van der Waals surface area contributed by atoms with Crippen molar-refractivity contribution in [3.8, 4) is 28.1 Å². The van der Waals surface area contributed by atoms with Crippen LogP contribution in [0.25, 0.3) is 44.2 Å². The van der Waals surface area contributed by atoms with Crippen molar-refractivity contribution >= 4 is 45.8 Å². The van der Waals surface area contributed by atoms with Crippen molar-refractivity contribution in [2.24, 2.45) is 11.8 Å². The Morgan fingerprint density at radius 2 is 1.65 bits per heavy atom. The highest BCUT2D eigenvalue weighted by atomic mass is 16.5. The third-order valence-corrected chi connectivity index (χ3v) is 12.5. The lowest BCUT2D eigenvalue weighted by atomic mass is 9.92. The highest BCUT2D eigenvalue weighted by Crippen LogP contribution is 2.44. The summed E-state index contributed by atoms with van der Waals surface area (Å²) in [5, 5.41) is 7.41. The molecule has 9 rings (SSSR count). The Bertz CT molecular complexity index is 2690. The van der Waals surface area contributed by atoms with E-state index in [4.69, 9.17) is 24.2 Å². The number of fused-ring (bicyclic) bond motifs is 6. The fourth-order valence-corrected chi connectivity index (χ4v) is 9.30. The second kappa shape index (κ2) is 16.5. The van der Waals surface area contributed by atoms with Gasteiger partial charge in [-0.1, -0.05) is 69.3 Å². The molecule has 320 valence electrons. The molecule has 4 N–H and O–H groups in total. The van der Waals surface area contributed by atoms with Crippen molar-refractivity contribution in [3.05, 3.63) is 102 Å². The fraction of sp³-hybridized carbons (Fsp3) is 0.362. The molecule has 2 fully saturated rings. The predicted octanol–water partition coefficient (Wildman–Crippen LogP) is 7.72. The summed E-state index contributed by atoms with van der Waals surface area (Å²) in [6.07, 6.45) is 2.80. The number of methoxy groups -OCH3 is 2. The number of aromatic nitrogens is 4. The van der Waals surface area contributed by atoms with Gasteiger partial charge in [-0.25, -0.2) is 19.6 Å². The number of aromatic amines is 2. The zero-order valence-electron chi connectivity index (χ0n) is 35.4. The number of benzene rings is 4. The van der Waals surface area contributed by atoms with E-state index in [1.54, 1.807) is 11.1 Å². The Morgan fingerprint density at radius 3 is 2.42 bits per heavy atom. The smallest absolute Gasteiger partial charge is 0.407 e. The molecular weight excluding hydrogens is 789 g/mol. The SMILES string of the molecule is COC(=O)NC(C(=O)N1CCC[C@H]1c1nc2c(ccc3cc4c(cc32)OCc2cc(-c3cnc(C5C[C@H](C)CN5C(=O)[C@H](NC(=O)OC)c5ccccc5)[nH]3)ccc2-4)[nH]1)C(C)C. The Labute approximate surface area is 358 Å². The Balaban J connectivity index is 0.961. The third kappa shape index (κ3) is 7.45. The van der Waals surface area contributed by atoms with E-state index in [0.717, 1.165) is 74.8 Å². The lowest BCUT2D eigenvalue weighted by molar-refractivity contribution is -0.136. The van der Waals surface area contributed by atoms with E-state index >= 15 is 0 Å². The van der Waals surface area contributed by atoms with E-state index < -0.39 is 24.3 Å². The van der Waals surface area contributed by atoms with Crippen molar-refractivity contribution in [2.45, 2.75) is 70.8 Å². The Morgan fingerprint density at radius 1 is 0.855 bits per heavy atom. The monoisotopic (exact) mass is 838 g/mol. The van der Waals surface area contributed by atoms with E-state index in [1.807, 2.05) is 55.1 Å². The van der Waals surface area contributed by atoms with Crippen LogP contribution in [0, 0.1) is 11.8 Å². The van der Waals surface area contributed by atoms with Gasteiger partial charge in [0, 0.05) is 24.0 Å². The van der Waals surface area contributed by atoms with Crippen LogP contribution in [0.4, 0.5) is 9.59 Å². The van der Waals surface area contributed by atoms with Gasteiger partial charge in [0.1, 0.15) is 36.1 Å². The average Bonchev–Trinajstić information content (AvgIpc) is 4.12. The van der Waals surface area contributed by atoms with Gasteiger partial charge in [-0.15, -0.1) is 0 Å². The van der Waals surface area contributed by atoms with Crippen molar-refractivity contribution in [1.29, 1.82) is 0 Å². The summed E-state index contributed by atoms with van der Waals surface area (Å²) in [4.78, 5) is 72.8. The molecule has 3 aliphatic rings. The van der Waals surface area contributed by atoms with E-state index in [9.17, 15) is 19.2 Å². The normalized spacial score (nSPS) is 19.2.